The van der Waals surface area contributed by atoms with Crippen LogP contribution in [0.5, 0.6) is 5.75 Å². The SMILES string of the molecule is CCOc1ccc(C(O)Cc2ccc(CC)cc2)cc1. The summed E-state index contributed by atoms with van der Waals surface area (Å²) in [5.74, 6) is 0.843. The largest absolute Gasteiger partial charge is 0.494 e. The van der Waals surface area contributed by atoms with Crippen LogP contribution in [0.25, 0.3) is 0 Å². The third-order valence-electron chi connectivity index (χ3n) is 3.44. The van der Waals surface area contributed by atoms with Crippen LogP contribution in [0.4, 0.5) is 0 Å². The van der Waals surface area contributed by atoms with Crippen LogP contribution in [-0.4, -0.2) is 11.7 Å². The molecule has 2 aromatic carbocycles. The van der Waals surface area contributed by atoms with Crippen molar-refractivity contribution in [3.8, 4) is 5.75 Å². The molecule has 2 rings (SSSR count). The topological polar surface area (TPSA) is 29.5 Å². The summed E-state index contributed by atoms with van der Waals surface area (Å²) in [7, 11) is 0. The Morgan fingerprint density at radius 2 is 1.50 bits per heavy atom. The van der Waals surface area contributed by atoms with E-state index in [4.69, 9.17) is 4.74 Å². The lowest BCUT2D eigenvalue weighted by Crippen LogP contribution is -2.02. The van der Waals surface area contributed by atoms with Crippen molar-refractivity contribution in [3.63, 3.8) is 0 Å². The van der Waals surface area contributed by atoms with Crippen LogP contribution in [0, 0.1) is 0 Å². The smallest absolute Gasteiger partial charge is 0.119 e. The van der Waals surface area contributed by atoms with E-state index in [1.54, 1.807) is 0 Å². The minimum Gasteiger partial charge on any atom is -0.494 e. The maximum Gasteiger partial charge on any atom is 0.119 e. The molecule has 0 aromatic heterocycles. The summed E-state index contributed by atoms with van der Waals surface area (Å²) in [6.07, 6.45) is 1.21. The standard InChI is InChI=1S/C18H22O2/c1-3-14-5-7-15(8-6-14)13-18(19)16-9-11-17(12-10-16)20-4-2/h5-12,18-19H,3-4,13H2,1-2H3. The average Bonchev–Trinajstić information content (AvgIpc) is 2.49. The van der Waals surface area contributed by atoms with E-state index in [-0.39, 0.29) is 0 Å². The van der Waals surface area contributed by atoms with Crippen molar-refractivity contribution in [1.29, 1.82) is 0 Å². The monoisotopic (exact) mass is 270 g/mol. The molecule has 106 valence electrons. The number of ether oxygens (including phenoxy) is 1. The zero-order valence-electron chi connectivity index (χ0n) is 12.2. The van der Waals surface area contributed by atoms with Crippen LogP contribution < -0.4 is 4.74 Å². The fraction of sp³-hybridized carbons (Fsp3) is 0.333. The molecule has 1 atom stereocenters. The molecule has 0 saturated carbocycles. The molecule has 0 spiro atoms. The van der Waals surface area contributed by atoms with Gasteiger partial charge in [0.1, 0.15) is 5.75 Å². The lowest BCUT2D eigenvalue weighted by molar-refractivity contribution is 0.178. The molecule has 0 aliphatic heterocycles. The minimum absolute atomic E-state index is 0.474. The van der Waals surface area contributed by atoms with Gasteiger partial charge in [-0.2, -0.15) is 0 Å². The Morgan fingerprint density at radius 3 is 2.05 bits per heavy atom. The van der Waals surface area contributed by atoms with Crippen molar-refractivity contribution >= 4 is 0 Å². The van der Waals surface area contributed by atoms with Crippen LogP contribution in [0.1, 0.15) is 36.6 Å². The molecule has 1 N–H and O–H groups in total. The molecule has 0 radical (unpaired) electrons. The summed E-state index contributed by atoms with van der Waals surface area (Å²) in [4.78, 5) is 0. The van der Waals surface area contributed by atoms with Gasteiger partial charge in [0.15, 0.2) is 0 Å². The summed E-state index contributed by atoms with van der Waals surface area (Å²) in [5, 5.41) is 10.3. The van der Waals surface area contributed by atoms with Crippen LogP contribution in [0.2, 0.25) is 0 Å². The van der Waals surface area contributed by atoms with Crippen molar-refractivity contribution in [3.05, 3.63) is 65.2 Å². The van der Waals surface area contributed by atoms with Gasteiger partial charge in [0.25, 0.3) is 0 Å². The molecule has 2 heteroatoms. The first-order chi connectivity index (χ1) is 9.72. The van der Waals surface area contributed by atoms with Crippen LogP contribution in [-0.2, 0) is 12.8 Å². The zero-order chi connectivity index (χ0) is 14.4. The number of benzene rings is 2. The minimum atomic E-state index is -0.474. The van der Waals surface area contributed by atoms with E-state index in [1.165, 1.54) is 5.56 Å². The predicted molar refractivity (Wildman–Crippen MR) is 82.1 cm³/mol. The van der Waals surface area contributed by atoms with Gasteiger partial charge >= 0.3 is 0 Å². The summed E-state index contributed by atoms with van der Waals surface area (Å²) in [6, 6.07) is 16.1. The van der Waals surface area contributed by atoms with Crippen LogP contribution in [0.15, 0.2) is 48.5 Å². The summed E-state index contributed by atoms with van der Waals surface area (Å²) in [5.41, 5.74) is 3.40. The van der Waals surface area contributed by atoms with Gasteiger partial charge in [-0.05, 0) is 42.2 Å². The summed E-state index contributed by atoms with van der Waals surface area (Å²) in [6.45, 7) is 4.76. The lowest BCUT2D eigenvalue weighted by atomic mass is 10.00. The maximum atomic E-state index is 10.3. The maximum absolute atomic E-state index is 10.3. The molecule has 2 aromatic rings. The van der Waals surface area contributed by atoms with E-state index in [9.17, 15) is 5.11 Å². The molecule has 0 saturated heterocycles. The van der Waals surface area contributed by atoms with Gasteiger partial charge in [0, 0.05) is 6.42 Å². The van der Waals surface area contributed by atoms with Crippen molar-refractivity contribution in [2.24, 2.45) is 0 Å². The molecule has 0 fully saturated rings. The first-order valence-electron chi connectivity index (χ1n) is 7.21. The summed E-state index contributed by atoms with van der Waals surface area (Å²) < 4.78 is 5.40. The number of aliphatic hydroxyl groups excluding tert-OH is 1. The normalized spacial score (nSPS) is 12.2. The fourth-order valence-corrected chi connectivity index (χ4v) is 2.21. The Hall–Kier alpha value is -1.80. The molecule has 1 unspecified atom stereocenters. The average molecular weight is 270 g/mol. The highest BCUT2D eigenvalue weighted by atomic mass is 16.5. The van der Waals surface area contributed by atoms with Gasteiger partial charge in [-0.25, -0.2) is 0 Å². The van der Waals surface area contributed by atoms with E-state index < -0.39 is 6.10 Å². The van der Waals surface area contributed by atoms with Crippen molar-refractivity contribution in [2.45, 2.75) is 32.8 Å². The molecular weight excluding hydrogens is 248 g/mol. The lowest BCUT2D eigenvalue weighted by Gasteiger charge is -2.12. The van der Waals surface area contributed by atoms with Gasteiger partial charge in [0.05, 0.1) is 12.7 Å². The molecule has 0 heterocycles. The van der Waals surface area contributed by atoms with E-state index in [0.29, 0.717) is 13.0 Å². The molecule has 20 heavy (non-hydrogen) atoms. The molecule has 2 nitrogen and oxygen atoms in total. The van der Waals surface area contributed by atoms with Crippen molar-refractivity contribution in [2.75, 3.05) is 6.61 Å². The Bertz CT molecular complexity index is 514. The molecule has 0 aliphatic rings. The van der Waals surface area contributed by atoms with Gasteiger partial charge in [0.2, 0.25) is 0 Å². The first-order valence-corrected chi connectivity index (χ1v) is 7.21. The number of hydrogen-bond acceptors (Lipinski definition) is 2. The molecule has 0 bridgehead atoms. The second-order valence-corrected chi connectivity index (χ2v) is 4.89. The number of aryl methyl sites for hydroxylation is 1. The van der Waals surface area contributed by atoms with Crippen molar-refractivity contribution < 1.29 is 9.84 Å². The highest BCUT2D eigenvalue weighted by molar-refractivity contribution is 5.30. The Labute approximate surface area is 121 Å². The van der Waals surface area contributed by atoms with Crippen molar-refractivity contribution in [1.82, 2.24) is 0 Å². The highest BCUT2D eigenvalue weighted by Crippen LogP contribution is 2.21. The Balaban J connectivity index is 2.01. The third-order valence-corrected chi connectivity index (χ3v) is 3.44. The fourth-order valence-electron chi connectivity index (χ4n) is 2.21. The van der Waals surface area contributed by atoms with E-state index >= 15 is 0 Å². The van der Waals surface area contributed by atoms with Crippen LogP contribution in [0.3, 0.4) is 0 Å². The van der Waals surface area contributed by atoms with E-state index in [1.807, 2.05) is 31.2 Å². The van der Waals surface area contributed by atoms with E-state index in [0.717, 1.165) is 23.3 Å². The van der Waals surface area contributed by atoms with Gasteiger partial charge < -0.3 is 9.84 Å². The Kier molecular flexibility index (Phi) is 5.19. The zero-order valence-corrected chi connectivity index (χ0v) is 12.2. The third kappa shape index (κ3) is 3.84. The van der Waals surface area contributed by atoms with Gasteiger partial charge in [-0.3, -0.25) is 0 Å². The summed E-state index contributed by atoms with van der Waals surface area (Å²) >= 11 is 0. The van der Waals surface area contributed by atoms with Crippen LogP contribution >= 0.6 is 0 Å². The quantitative estimate of drug-likeness (QED) is 0.862. The predicted octanol–water partition coefficient (Wildman–Crippen LogP) is 3.92. The second-order valence-electron chi connectivity index (χ2n) is 4.89. The second kappa shape index (κ2) is 7.11. The number of aliphatic hydroxyl groups is 1. The number of rotatable bonds is 6. The van der Waals surface area contributed by atoms with Gasteiger partial charge in [-0.1, -0.05) is 43.3 Å². The molecule has 0 aliphatic carbocycles. The first kappa shape index (κ1) is 14.6. The Morgan fingerprint density at radius 1 is 0.900 bits per heavy atom. The van der Waals surface area contributed by atoms with E-state index in [2.05, 4.69) is 31.2 Å². The number of hydrogen-bond donors (Lipinski definition) is 1. The molecular formula is C18H22O2. The van der Waals surface area contributed by atoms with Gasteiger partial charge in [-0.15, -0.1) is 0 Å². The highest BCUT2D eigenvalue weighted by Gasteiger charge is 2.08. The molecule has 0 amide bonds.